The van der Waals surface area contributed by atoms with Crippen LogP contribution in [0.15, 0.2) is 29.2 Å². The highest BCUT2D eigenvalue weighted by molar-refractivity contribution is 7.92. The van der Waals surface area contributed by atoms with Crippen LogP contribution in [-0.2, 0) is 19.4 Å². The first-order valence-electron chi connectivity index (χ1n) is 8.50. The lowest BCUT2D eigenvalue weighted by Gasteiger charge is -2.39. The molecule has 0 radical (unpaired) electrons. The Kier molecular flexibility index (Phi) is 6.08. The number of hydrogen-bond acceptors (Lipinski definition) is 5. The zero-order valence-electron chi connectivity index (χ0n) is 15.3. The van der Waals surface area contributed by atoms with E-state index in [-0.39, 0.29) is 23.6 Å². The highest BCUT2D eigenvalue weighted by Gasteiger charge is 2.44. The fourth-order valence-corrected chi connectivity index (χ4v) is 4.49. The fourth-order valence-electron chi connectivity index (χ4n) is 3.25. The largest absolute Gasteiger partial charge is 0.481 e. The number of likely N-dealkylation sites (tertiary alicyclic amines) is 1. The molecule has 1 N–H and O–H groups in total. The van der Waals surface area contributed by atoms with Crippen molar-refractivity contribution in [1.82, 2.24) is 4.90 Å². The lowest BCUT2D eigenvalue weighted by molar-refractivity contribution is -0.155. The summed E-state index contributed by atoms with van der Waals surface area (Å²) < 4.78 is 30.3. The van der Waals surface area contributed by atoms with E-state index in [2.05, 4.69) is 0 Å². The number of ether oxygens (including phenoxy) is 1. The van der Waals surface area contributed by atoms with E-state index in [9.17, 15) is 23.1 Å². The molecule has 1 heterocycles. The molecule has 1 aliphatic heterocycles. The van der Waals surface area contributed by atoms with Crippen molar-refractivity contribution in [1.29, 1.82) is 0 Å². The number of methoxy groups -OCH3 is 1. The lowest BCUT2D eigenvalue weighted by Crippen LogP contribution is -2.52. The van der Waals surface area contributed by atoms with E-state index in [4.69, 9.17) is 4.74 Å². The molecule has 7 nitrogen and oxygen atoms in total. The number of carbonyl (C=O) groups is 2. The first-order valence-corrected chi connectivity index (χ1v) is 10.0. The Morgan fingerprint density at radius 2 is 1.96 bits per heavy atom. The molecule has 0 spiro atoms. The Hall–Kier alpha value is -1.93. The molecule has 144 valence electrons. The summed E-state index contributed by atoms with van der Waals surface area (Å²) in [4.78, 5) is 26.2. The van der Waals surface area contributed by atoms with E-state index >= 15 is 0 Å². The monoisotopic (exact) mass is 383 g/mol. The molecule has 2 rings (SSSR count). The number of carboxylic acids is 1. The van der Waals surface area contributed by atoms with Gasteiger partial charge in [0.1, 0.15) is 5.41 Å². The summed E-state index contributed by atoms with van der Waals surface area (Å²) in [6.07, 6.45) is 0.923. The van der Waals surface area contributed by atoms with Gasteiger partial charge in [0.05, 0.1) is 22.3 Å². The van der Waals surface area contributed by atoms with Gasteiger partial charge >= 0.3 is 5.97 Å². The van der Waals surface area contributed by atoms with Crippen LogP contribution in [0.3, 0.4) is 0 Å². The molecule has 0 saturated carbocycles. The van der Waals surface area contributed by atoms with E-state index in [1.54, 1.807) is 26.0 Å². The number of benzene rings is 1. The van der Waals surface area contributed by atoms with Crippen molar-refractivity contribution >= 4 is 21.7 Å². The third-order valence-electron chi connectivity index (χ3n) is 4.78. The van der Waals surface area contributed by atoms with Gasteiger partial charge in [-0.05, 0) is 38.8 Å². The molecule has 1 atom stereocenters. The molecule has 1 unspecified atom stereocenters. The second kappa shape index (κ2) is 7.75. The van der Waals surface area contributed by atoms with Gasteiger partial charge in [0.2, 0.25) is 0 Å². The Morgan fingerprint density at radius 3 is 2.54 bits per heavy atom. The van der Waals surface area contributed by atoms with Crippen LogP contribution in [0.4, 0.5) is 0 Å². The molecular weight excluding hydrogens is 358 g/mol. The summed E-state index contributed by atoms with van der Waals surface area (Å²) >= 11 is 0. The number of hydrogen-bond donors (Lipinski definition) is 1. The zero-order valence-corrected chi connectivity index (χ0v) is 16.1. The maximum absolute atomic E-state index is 13.0. The van der Waals surface area contributed by atoms with Crippen LogP contribution in [-0.4, -0.2) is 62.4 Å². The smallest absolute Gasteiger partial charge is 0.313 e. The normalized spacial score (nSPS) is 21.0. The molecule has 26 heavy (non-hydrogen) atoms. The zero-order chi connectivity index (χ0) is 19.5. The van der Waals surface area contributed by atoms with Crippen molar-refractivity contribution in [2.24, 2.45) is 5.41 Å². The number of nitrogens with zero attached hydrogens (tertiary/aromatic N) is 1. The Labute approximate surface area is 153 Å². The van der Waals surface area contributed by atoms with Crippen molar-refractivity contribution < 1.29 is 27.9 Å². The van der Waals surface area contributed by atoms with Gasteiger partial charge in [-0.25, -0.2) is 8.42 Å². The molecule has 0 bridgehead atoms. The van der Waals surface area contributed by atoms with E-state index in [0.717, 1.165) is 0 Å². The van der Waals surface area contributed by atoms with Gasteiger partial charge in [-0.3, -0.25) is 9.59 Å². The van der Waals surface area contributed by atoms with Crippen molar-refractivity contribution in [3.63, 3.8) is 0 Å². The third-order valence-corrected chi connectivity index (χ3v) is 6.99. The maximum atomic E-state index is 13.0. The van der Waals surface area contributed by atoms with Gasteiger partial charge in [-0.15, -0.1) is 0 Å². The van der Waals surface area contributed by atoms with E-state index < -0.39 is 32.4 Å². The van der Waals surface area contributed by atoms with Crippen molar-refractivity contribution in [2.45, 2.75) is 36.8 Å². The maximum Gasteiger partial charge on any atom is 0.313 e. The molecule has 1 aromatic carbocycles. The molecule has 1 amide bonds. The Bertz CT molecular complexity index is 785. The Morgan fingerprint density at radius 1 is 1.31 bits per heavy atom. The number of sulfone groups is 1. The third kappa shape index (κ3) is 3.76. The van der Waals surface area contributed by atoms with E-state index in [0.29, 0.717) is 19.4 Å². The summed E-state index contributed by atoms with van der Waals surface area (Å²) in [5, 5.41) is 8.97. The van der Waals surface area contributed by atoms with Crippen molar-refractivity contribution in [3.05, 3.63) is 29.8 Å². The molecular formula is C18H25NO6S. The molecule has 1 fully saturated rings. The van der Waals surface area contributed by atoms with Gasteiger partial charge in [-0.2, -0.15) is 0 Å². The number of amides is 1. The molecule has 8 heteroatoms. The topological polar surface area (TPSA) is 101 Å². The van der Waals surface area contributed by atoms with Crippen LogP contribution in [0.1, 0.15) is 37.0 Å². The van der Waals surface area contributed by atoms with Gasteiger partial charge in [0.15, 0.2) is 9.84 Å². The van der Waals surface area contributed by atoms with Crippen LogP contribution in [0.2, 0.25) is 0 Å². The van der Waals surface area contributed by atoms with Crippen LogP contribution in [0.25, 0.3) is 0 Å². The summed E-state index contributed by atoms with van der Waals surface area (Å²) in [5.74, 6) is -1.48. The van der Waals surface area contributed by atoms with Gasteiger partial charge in [0, 0.05) is 20.2 Å². The average molecular weight is 383 g/mol. The fraction of sp³-hybridized carbons (Fsp3) is 0.556. The second-order valence-electron chi connectivity index (χ2n) is 6.94. The SMILES string of the molecule is COCC1(C(=O)O)CCCN(C(=O)c2ccccc2S(=O)(=O)C(C)C)C1. The van der Waals surface area contributed by atoms with Gasteiger partial charge in [0.25, 0.3) is 5.91 Å². The number of piperidine rings is 1. The second-order valence-corrected chi connectivity index (χ2v) is 9.41. The first-order chi connectivity index (χ1) is 12.2. The molecule has 1 aromatic rings. The molecule has 0 aliphatic carbocycles. The van der Waals surface area contributed by atoms with Crippen LogP contribution in [0.5, 0.6) is 0 Å². The van der Waals surface area contributed by atoms with Crippen LogP contribution in [0, 0.1) is 5.41 Å². The standard InChI is InChI=1S/C18H25NO6S/c1-13(2)26(23,24)15-8-5-4-7-14(15)16(20)19-10-6-9-18(11-19,12-25-3)17(21)22/h4-5,7-8,13H,6,9-12H2,1-3H3,(H,21,22). The number of aliphatic carboxylic acids is 1. The predicted molar refractivity (Wildman–Crippen MR) is 95.8 cm³/mol. The average Bonchev–Trinajstić information content (AvgIpc) is 2.61. The summed E-state index contributed by atoms with van der Waals surface area (Å²) in [7, 11) is -2.21. The number of rotatable bonds is 6. The quantitative estimate of drug-likeness (QED) is 0.804. The molecule has 1 aliphatic rings. The van der Waals surface area contributed by atoms with Crippen LogP contribution < -0.4 is 0 Å². The summed E-state index contributed by atoms with van der Waals surface area (Å²) in [6, 6.07) is 6.09. The predicted octanol–water partition coefficient (Wildman–Crippen LogP) is 1.82. The number of carboxylic acid groups (broad SMARTS) is 1. The lowest BCUT2D eigenvalue weighted by atomic mass is 9.80. The number of carbonyl (C=O) groups excluding carboxylic acids is 1. The first kappa shape index (κ1) is 20.4. The van der Waals surface area contributed by atoms with Crippen molar-refractivity contribution in [2.75, 3.05) is 26.8 Å². The van der Waals surface area contributed by atoms with Gasteiger partial charge < -0.3 is 14.7 Å². The van der Waals surface area contributed by atoms with Crippen LogP contribution >= 0.6 is 0 Å². The molecule has 1 saturated heterocycles. The van der Waals surface area contributed by atoms with E-state index in [1.165, 1.54) is 24.1 Å². The highest BCUT2D eigenvalue weighted by atomic mass is 32.2. The minimum atomic E-state index is -3.64. The van der Waals surface area contributed by atoms with Crippen molar-refractivity contribution in [3.8, 4) is 0 Å². The summed E-state index contributed by atoms with van der Waals surface area (Å²) in [6.45, 7) is 3.49. The minimum Gasteiger partial charge on any atom is -0.481 e. The summed E-state index contributed by atoms with van der Waals surface area (Å²) in [5.41, 5.74) is -1.09. The van der Waals surface area contributed by atoms with Gasteiger partial charge in [-0.1, -0.05) is 12.1 Å². The van der Waals surface area contributed by atoms with E-state index in [1.807, 2.05) is 0 Å². The Balaban J connectivity index is 2.40. The molecule has 0 aromatic heterocycles. The highest BCUT2D eigenvalue weighted by Crippen LogP contribution is 2.32. The minimum absolute atomic E-state index is 0.00193.